The van der Waals surface area contributed by atoms with E-state index < -0.39 is 0 Å². The third kappa shape index (κ3) is 4.91. The van der Waals surface area contributed by atoms with Crippen LogP contribution in [0.15, 0.2) is 36.7 Å². The van der Waals surface area contributed by atoms with Crippen molar-refractivity contribution in [3.63, 3.8) is 0 Å². The van der Waals surface area contributed by atoms with Gasteiger partial charge in [0.05, 0.1) is 36.6 Å². The monoisotopic (exact) mass is 498 g/mol. The molecule has 0 radical (unpaired) electrons. The molecule has 2 atom stereocenters. The highest BCUT2D eigenvalue weighted by Crippen LogP contribution is 2.34. The van der Waals surface area contributed by atoms with Gasteiger partial charge in [-0.25, -0.2) is 0 Å². The number of nitriles is 1. The summed E-state index contributed by atoms with van der Waals surface area (Å²) in [5.41, 5.74) is 3.36. The van der Waals surface area contributed by atoms with E-state index in [1.807, 2.05) is 12.4 Å². The van der Waals surface area contributed by atoms with Crippen molar-refractivity contribution in [2.75, 3.05) is 56.2 Å². The van der Waals surface area contributed by atoms with Crippen molar-refractivity contribution in [3.05, 3.63) is 47.9 Å². The van der Waals surface area contributed by atoms with E-state index in [1.54, 1.807) is 0 Å². The number of nitrogens with zero attached hydrogens (tertiary/aromatic N) is 7. The molecule has 37 heavy (non-hydrogen) atoms. The minimum absolute atomic E-state index is 0.141. The van der Waals surface area contributed by atoms with E-state index >= 15 is 0 Å². The highest BCUT2D eigenvalue weighted by Gasteiger charge is 2.30. The van der Waals surface area contributed by atoms with Gasteiger partial charge in [-0.1, -0.05) is 24.3 Å². The molecule has 2 unspecified atom stereocenters. The summed E-state index contributed by atoms with van der Waals surface area (Å²) in [4.78, 5) is 21.5. The van der Waals surface area contributed by atoms with Gasteiger partial charge in [0, 0.05) is 60.8 Å². The van der Waals surface area contributed by atoms with Crippen LogP contribution >= 0.6 is 0 Å². The number of piperazine rings is 1. The average Bonchev–Trinajstić information content (AvgIpc) is 3.35. The molecule has 0 spiro atoms. The maximum Gasteiger partial charge on any atom is 0.318 e. The first-order chi connectivity index (χ1) is 18.2. The Labute approximate surface area is 218 Å². The van der Waals surface area contributed by atoms with Crippen LogP contribution < -0.4 is 19.9 Å². The van der Waals surface area contributed by atoms with Gasteiger partial charge in [0.25, 0.3) is 0 Å². The number of aromatic nitrogens is 3. The second kappa shape index (κ2) is 10.5. The first kappa shape index (κ1) is 23.9. The van der Waals surface area contributed by atoms with Crippen molar-refractivity contribution in [3.8, 4) is 12.1 Å². The van der Waals surface area contributed by atoms with Crippen LogP contribution in [-0.2, 0) is 13.0 Å². The molecule has 2 saturated heterocycles. The third-order valence-electron chi connectivity index (χ3n) is 7.98. The van der Waals surface area contributed by atoms with E-state index in [4.69, 9.17) is 14.7 Å². The molecule has 5 heterocycles. The van der Waals surface area contributed by atoms with E-state index in [-0.39, 0.29) is 6.04 Å². The zero-order chi connectivity index (χ0) is 25.2. The lowest BCUT2D eigenvalue weighted by Gasteiger charge is -2.37. The molecule has 2 aromatic heterocycles. The molecular weight excluding hydrogens is 464 g/mol. The smallest absolute Gasteiger partial charge is 0.318 e. The van der Waals surface area contributed by atoms with Gasteiger partial charge in [-0.3, -0.25) is 4.98 Å². The third-order valence-corrected chi connectivity index (χ3v) is 7.98. The topological polar surface area (TPSA) is 93.4 Å². The lowest BCUT2D eigenvalue weighted by molar-refractivity contribution is 0.187. The molecule has 0 amide bonds. The normalized spacial score (nSPS) is 22.2. The van der Waals surface area contributed by atoms with Crippen LogP contribution in [0.1, 0.15) is 30.5 Å². The predicted octanol–water partition coefficient (Wildman–Crippen LogP) is 2.75. The van der Waals surface area contributed by atoms with Gasteiger partial charge in [0.1, 0.15) is 12.4 Å². The maximum absolute atomic E-state index is 9.25. The molecule has 2 fully saturated rings. The molecule has 0 bridgehead atoms. The fourth-order valence-corrected chi connectivity index (χ4v) is 5.90. The van der Waals surface area contributed by atoms with Crippen LogP contribution in [0.4, 0.5) is 11.5 Å². The Balaban J connectivity index is 1.32. The zero-order valence-electron chi connectivity index (χ0n) is 21.4. The van der Waals surface area contributed by atoms with Crippen LogP contribution in [0.25, 0.3) is 10.8 Å². The second-order valence-corrected chi connectivity index (χ2v) is 10.4. The van der Waals surface area contributed by atoms with Crippen LogP contribution in [-0.4, -0.2) is 78.3 Å². The van der Waals surface area contributed by atoms with Crippen molar-refractivity contribution in [2.45, 2.75) is 44.3 Å². The standard InChI is InChI=1S/C28H34N8O/c1-34-12-4-6-22(34)19-37-28-32-25-18-35(26-16-30-15-20-5-2-3-7-23(20)26)13-9-24(25)27(33-28)36-14-11-31-21(17-36)8-10-29/h2-3,5,7,15-16,21-22,31H,4,6,8-9,11-14,17-19H2,1H3. The van der Waals surface area contributed by atoms with Crippen LogP contribution in [0, 0.1) is 11.3 Å². The number of hydrogen-bond donors (Lipinski definition) is 1. The Morgan fingerprint density at radius 1 is 1.14 bits per heavy atom. The molecule has 0 aliphatic carbocycles. The molecular formula is C28H34N8O. The summed E-state index contributed by atoms with van der Waals surface area (Å²) in [6, 6.07) is 11.7. The Morgan fingerprint density at radius 2 is 2.05 bits per heavy atom. The SMILES string of the molecule is CN1CCCC1COc1nc2c(c(N3CCNC(CC#N)C3)n1)CCN(c1cncc3ccccc13)C2. The fourth-order valence-electron chi connectivity index (χ4n) is 5.90. The highest BCUT2D eigenvalue weighted by atomic mass is 16.5. The summed E-state index contributed by atoms with van der Waals surface area (Å²) < 4.78 is 6.25. The molecule has 9 heteroatoms. The Kier molecular flexibility index (Phi) is 6.77. The Hall–Kier alpha value is -3.48. The highest BCUT2D eigenvalue weighted by molar-refractivity contribution is 5.93. The Bertz CT molecular complexity index is 1300. The number of ether oxygens (including phenoxy) is 1. The van der Waals surface area contributed by atoms with E-state index in [9.17, 15) is 5.26 Å². The number of rotatable bonds is 6. The first-order valence-corrected chi connectivity index (χ1v) is 13.4. The largest absolute Gasteiger partial charge is 0.462 e. The van der Waals surface area contributed by atoms with Crippen LogP contribution in [0.5, 0.6) is 6.01 Å². The van der Waals surface area contributed by atoms with E-state index in [2.05, 4.69) is 62.4 Å². The van der Waals surface area contributed by atoms with Crippen molar-refractivity contribution in [1.82, 2.24) is 25.2 Å². The molecule has 192 valence electrons. The number of likely N-dealkylation sites (tertiary alicyclic amines) is 1. The fraction of sp³-hybridized carbons (Fsp3) is 0.500. The maximum atomic E-state index is 9.25. The summed E-state index contributed by atoms with van der Waals surface area (Å²) in [6.07, 6.45) is 7.58. The van der Waals surface area contributed by atoms with E-state index in [0.29, 0.717) is 31.6 Å². The van der Waals surface area contributed by atoms with Gasteiger partial charge < -0.3 is 24.8 Å². The van der Waals surface area contributed by atoms with E-state index in [1.165, 1.54) is 17.4 Å². The number of pyridine rings is 1. The van der Waals surface area contributed by atoms with Gasteiger partial charge in [-0.2, -0.15) is 15.2 Å². The van der Waals surface area contributed by atoms with Crippen molar-refractivity contribution >= 4 is 22.3 Å². The quantitative estimate of drug-likeness (QED) is 0.551. The van der Waals surface area contributed by atoms with Gasteiger partial charge in [0.2, 0.25) is 0 Å². The van der Waals surface area contributed by atoms with E-state index in [0.717, 1.165) is 68.2 Å². The molecule has 6 rings (SSSR count). The molecule has 3 aliphatic rings. The molecule has 0 saturated carbocycles. The van der Waals surface area contributed by atoms with Crippen molar-refractivity contribution < 1.29 is 4.74 Å². The molecule has 9 nitrogen and oxygen atoms in total. The van der Waals surface area contributed by atoms with Gasteiger partial charge in [-0.15, -0.1) is 0 Å². The minimum Gasteiger partial charge on any atom is -0.462 e. The zero-order valence-corrected chi connectivity index (χ0v) is 21.4. The summed E-state index contributed by atoms with van der Waals surface area (Å²) in [5.74, 6) is 0.972. The van der Waals surface area contributed by atoms with Gasteiger partial charge in [-0.05, 0) is 32.9 Å². The van der Waals surface area contributed by atoms with Crippen LogP contribution in [0.2, 0.25) is 0 Å². The number of fused-ring (bicyclic) bond motifs is 2. The van der Waals surface area contributed by atoms with Gasteiger partial charge >= 0.3 is 6.01 Å². The molecule has 1 aromatic carbocycles. The summed E-state index contributed by atoms with van der Waals surface area (Å²) in [5, 5.41) is 15.1. The number of anilines is 2. The first-order valence-electron chi connectivity index (χ1n) is 13.4. The summed E-state index contributed by atoms with van der Waals surface area (Å²) in [6.45, 7) is 5.73. The Morgan fingerprint density at radius 3 is 2.92 bits per heavy atom. The number of likely N-dealkylation sites (N-methyl/N-ethyl adjacent to an activating group) is 1. The minimum atomic E-state index is 0.141. The van der Waals surface area contributed by atoms with Crippen molar-refractivity contribution in [1.29, 1.82) is 5.26 Å². The number of nitrogens with one attached hydrogen (secondary N) is 1. The lowest BCUT2D eigenvalue weighted by atomic mass is 10.0. The summed E-state index contributed by atoms with van der Waals surface area (Å²) >= 11 is 0. The second-order valence-electron chi connectivity index (χ2n) is 10.4. The number of benzene rings is 1. The molecule has 3 aromatic rings. The predicted molar refractivity (Wildman–Crippen MR) is 144 cm³/mol. The number of hydrogen-bond acceptors (Lipinski definition) is 9. The molecule has 1 N–H and O–H groups in total. The van der Waals surface area contributed by atoms with Gasteiger partial charge in [0.15, 0.2) is 0 Å². The van der Waals surface area contributed by atoms with Crippen molar-refractivity contribution in [2.24, 2.45) is 0 Å². The van der Waals surface area contributed by atoms with Crippen LogP contribution in [0.3, 0.4) is 0 Å². The average molecular weight is 499 g/mol. The lowest BCUT2D eigenvalue weighted by Crippen LogP contribution is -2.51. The summed E-state index contributed by atoms with van der Waals surface area (Å²) in [7, 11) is 2.16. The molecule has 3 aliphatic heterocycles.